The third kappa shape index (κ3) is 5.10. The fraction of sp³-hybridized carbons (Fsp3) is 0.611. The molecular formula is C18H27N3O4S2. The van der Waals surface area contributed by atoms with Gasteiger partial charge in [-0.2, -0.15) is 4.31 Å². The van der Waals surface area contributed by atoms with Crippen LogP contribution in [0.5, 0.6) is 5.75 Å². The lowest BCUT2D eigenvalue weighted by molar-refractivity contribution is 0.0730. The Kier molecular flexibility index (Phi) is 6.91. The number of morpholine rings is 1. The van der Waals surface area contributed by atoms with E-state index in [1.165, 1.54) is 36.7 Å². The number of nitrogens with one attached hydrogen (secondary N) is 2. The van der Waals surface area contributed by atoms with Crippen LogP contribution in [-0.4, -0.2) is 57.3 Å². The van der Waals surface area contributed by atoms with Gasteiger partial charge in [-0.25, -0.2) is 8.42 Å². The van der Waals surface area contributed by atoms with Gasteiger partial charge in [0, 0.05) is 25.2 Å². The molecule has 0 amide bonds. The van der Waals surface area contributed by atoms with Gasteiger partial charge in [-0.1, -0.05) is 19.3 Å². The first-order chi connectivity index (χ1) is 13.0. The van der Waals surface area contributed by atoms with Crippen molar-refractivity contribution in [2.24, 2.45) is 0 Å². The number of methoxy groups -OCH3 is 1. The van der Waals surface area contributed by atoms with E-state index in [1.54, 1.807) is 12.1 Å². The standard InChI is InChI=1S/C18H27N3O4S2/c1-24-17-13-15(27(22,23)21-9-11-25-12-10-21)7-8-16(17)20-18(26)19-14-5-3-2-4-6-14/h7-8,13-14H,2-6,9-12H2,1H3,(H2,19,20,26). The molecule has 1 aromatic carbocycles. The number of ether oxygens (including phenoxy) is 2. The van der Waals surface area contributed by atoms with E-state index in [0.717, 1.165) is 12.8 Å². The highest BCUT2D eigenvalue weighted by atomic mass is 32.2. The van der Waals surface area contributed by atoms with Crippen LogP contribution in [0, 0.1) is 0 Å². The zero-order chi connectivity index (χ0) is 19.3. The van der Waals surface area contributed by atoms with E-state index >= 15 is 0 Å². The lowest BCUT2D eigenvalue weighted by Gasteiger charge is -2.26. The Morgan fingerprint density at radius 3 is 2.59 bits per heavy atom. The predicted molar refractivity (Wildman–Crippen MR) is 109 cm³/mol. The third-order valence-corrected chi connectivity index (χ3v) is 7.08. The molecule has 9 heteroatoms. The molecule has 2 aliphatic rings. The van der Waals surface area contributed by atoms with Crippen LogP contribution in [0.3, 0.4) is 0 Å². The molecule has 1 heterocycles. The molecule has 1 saturated heterocycles. The minimum Gasteiger partial charge on any atom is -0.495 e. The van der Waals surface area contributed by atoms with Crippen LogP contribution in [0.2, 0.25) is 0 Å². The molecule has 3 rings (SSSR count). The second-order valence-corrected chi connectivity index (χ2v) is 9.16. The molecule has 27 heavy (non-hydrogen) atoms. The van der Waals surface area contributed by atoms with E-state index in [9.17, 15) is 8.42 Å². The summed E-state index contributed by atoms with van der Waals surface area (Å²) in [7, 11) is -2.05. The van der Waals surface area contributed by atoms with Gasteiger partial charge in [0.1, 0.15) is 5.75 Å². The van der Waals surface area contributed by atoms with Crippen LogP contribution in [0.15, 0.2) is 23.1 Å². The van der Waals surface area contributed by atoms with Crippen LogP contribution >= 0.6 is 12.2 Å². The molecular weight excluding hydrogens is 386 g/mol. The molecule has 0 atom stereocenters. The molecule has 0 aromatic heterocycles. The Morgan fingerprint density at radius 2 is 1.93 bits per heavy atom. The van der Waals surface area contributed by atoms with E-state index in [0.29, 0.717) is 48.9 Å². The molecule has 2 fully saturated rings. The van der Waals surface area contributed by atoms with Crippen LogP contribution in [-0.2, 0) is 14.8 Å². The zero-order valence-corrected chi connectivity index (χ0v) is 17.2. The minimum absolute atomic E-state index is 0.206. The summed E-state index contributed by atoms with van der Waals surface area (Å²) in [6.45, 7) is 1.55. The van der Waals surface area contributed by atoms with Gasteiger partial charge in [-0.05, 0) is 37.2 Å². The first-order valence-electron chi connectivity index (χ1n) is 9.34. The van der Waals surface area contributed by atoms with Gasteiger partial charge in [0.05, 0.1) is 30.9 Å². The Balaban J connectivity index is 1.71. The number of benzene rings is 1. The highest BCUT2D eigenvalue weighted by Gasteiger charge is 2.27. The van der Waals surface area contributed by atoms with Gasteiger partial charge < -0.3 is 20.1 Å². The van der Waals surface area contributed by atoms with Crippen LogP contribution in [0.25, 0.3) is 0 Å². The molecule has 1 saturated carbocycles. The van der Waals surface area contributed by atoms with Crippen LogP contribution in [0.1, 0.15) is 32.1 Å². The Hall–Kier alpha value is -1.42. The summed E-state index contributed by atoms with van der Waals surface area (Å²) < 4.78 is 37.7. The van der Waals surface area contributed by atoms with Crippen molar-refractivity contribution >= 4 is 33.0 Å². The number of anilines is 1. The first kappa shape index (κ1) is 20.3. The molecule has 150 valence electrons. The summed E-state index contributed by atoms with van der Waals surface area (Å²) in [6.07, 6.45) is 5.96. The number of nitrogens with zero attached hydrogens (tertiary/aromatic N) is 1. The number of sulfonamides is 1. The molecule has 0 radical (unpaired) electrons. The van der Waals surface area contributed by atoms with Gasteiger partial charge in [0.2, 0.25) is 10.0 Å². The van der Waals surface area contributed by atoms with Gasteiger partial charge >= 0.3 is 0 Å². The average Bonchev–Trinajstić information content (AvgIpc) is 2.69. The summed E-state index contributed by atoms with van der Waals surface area (Å²) in [5.41, 5.74) is 0.645. The summed E-state index contributed by atoms with van der Waals surface area (Å²) in [4.78, 5) is 0.206. The van der Waals surface area contributed by atoms with Crippen molar-refractivity contribution in [2.45, 2.75) is 43.0 Å². The fourth-order valence-corrected chi connectivity index (χ4v) is 5.16. The SMILES string of the molecule is COc1cc(S(=O)(=O)N2CCOCC2)ccc1NC(=S)NC1CCCCC1. The third-order valence-electron chi connectivity index (χ3n) is 4.97. The Morgan fingerprint density at radius 1 is 1.22 bits per heavy atom. The molecule has 2 N–H and O–H groups in total. The van der Waals surface area contributed by atoms with E-state index in [-0.39, 0.29) is 4.90 Å². The highest BCUT2D eigenvalue weighted by molar-refractivity contribution is 7.89. The number of thiocarbonyl (C=S) groups is 1. The largest absolute Gasteiger partial charge is 0.495 e. The molecule has 7 nitrogen and oxygen atoms in total. The molecule has 0 unspecified atom stereocenters. The highest BCUT2D eigenvalue weighted by Crippen LogP contribution is 2.29. The Labute approximate surface area is 166 Å². The van der Waals surface area contributed by atoms with Crippen molar-refractivity contribution in [3.05, 3.63) is 18.2 Å². The monoisotopic (exact) mass is 413 g/mol. The predicted octanol–water partition coefficient (Wildman–Crippen LogP) is 2.34. The normalized spacial score (nSPS) is 19.4. The van der Waals surface area contributed by atoms with Crippen molar-refractivity contribution in [3.63, 3.8) is 0 Å². The van der Waals surface area contributed by atoms with Gasteiger partial charge in [-0.15, -0.1) is 0 Å². The lowest BCUT2D eigenvalue weighted by atomic mass is 9.96. The van der Waals surface area contributed by atoms with Crippen molar-refractivity contribution in [3.8, 4) is 5.75 Å². The van der Waals surface area contributed by atoms with Gasteiger partial charge in [0.15, 0.2) is 5.11 Å². The minimum atomic E-state index is -3.57. The lowest BCUT2D eigenvalue weighted by Crippen LogP contribution is -2.40. The first-order valence-corrected chi connectivity index (χ1v) is 11.2. The molecule has 1 aliphatic carbocycles. The van der Waals surface area contributed by atoms with E-state index in [1.807, 2.05) is 0 Å². The molecule has 0 spiro atoms. The number of hydrogen-bond acceptors (Lipinski definition) is 5. The van der Waals surface area contributed by atoms with Gasteiger partial charge in [0.25, 0.3) is 0 Å². The second kappa shape index (κ2) is 9.18. The second-order valence-electron chi connectivity index (χ2n) is 6.81. The van der Waals surface area contributed by atoms with Gasteiger partial charge in [-0.3, -0.25) is 0 Å². The zero-order valence-electron chi connectivity index (χ0n) is 15.6. The van der Waals surface area contributed by atoms with Crippen molar-refractivity contribution in [2.75, 3.05) is 38.7 Å². The maximum absolute atomic E-state index is 12.8. The summed E-state index contributed by atoms with van der Waals surface area (Å²) in [5.74, 6) is 0.442. The van der Waals surface area contributed by atoms with Crippen LogP contribution < -0.4 is 15.4 Å². The maximum Gasteiger partial charge on any atom is 0.243 e. The maximum atomic E-state index is 12.8. The van der Waals surface area contributed by atoms with Crippen molar-refractivity contribution < 1.29 is 17.9 Å². The van der Waals surface area contributed by atoms with E-state index < -0.39 is 10.0 Å². The fourth-order valence-electron chi connectivity index (χ4n) is 3.46. The van der Waals surface area contributed by atoms with Crippen molar-refractivity contribution in [1.82, 2.24) is 9.62 Å². The summed E-state index contributed by atoms with van der Waals surface area (Å²) in [6, 6.07) is 5.21. The summed E-state index contributed by atoms with van der Waals surface area (Å²) in [5, 5.41) is 7.00. The molecule has 1 aliphatic heterocycles. The molecule has 0 bridgehead atoms. The quantitative estimate of drug-likeness (QED) is 0.717. The molecule has 1 aromatic rings. The number of rotatable bonds is 5. The van der Waals surface area contributed by atoms with Crippen molar-refractivity contribution in [1.29, 1.82) is 0 Å². The smallest absolute Gasteiger partial charge is 0.243 e. The van der Waals surface area contributed by atoms with Crippen LogP contribution in [0.4, 0.5) is 5.69 Å². The van der Waals surface area contributed by atoms with E-state index in [2.05, 4.69) is 10.6 Å². The van der Waals surface area contributed by atoms with E-state index in [4.69, 9.17) is 21.7 Å². The Bertz CT molecular complexity index is 758. The summed E-state index contributed by atoms with van der Waals surface area (Å²) >= 11 is 5.41. The average molecular weight is 414 g/mol. The number of hydrogen-bond donors (Lipinski definition) is 2. The topological polar surface area (TPSA) is 79.9 Å².